The Bertz CT molecular complexity index is 241. The van der Waals surface area contributed by atoms with Gasteiger partial charge in [0.05, 0.1) is 5.60 Å². The molecule has 1 aliphatic carbocycles. The van der Waals surface area contributed by atoms with Crippen molar-refractivity contribution in [2.75, 3.05) is 20.8 Å². The zero-order valence-corrected chi connectivity index (χ0v) is 11.6. The van der Waals surface area contributed by atoms with Gasteiger partial charge in [-0.15, -0.1) is 0 Å². The molecule has 0 aromatic rings. The molecule has 1 heterocycles. The molecule has 0 bridgehead atoms. The van der Waals surface area contributed by atoms with Gasteiger partial charge in [0.1, 0.15) is 6.10 Å². The largest absolute Gasteiger partial charge is 0.388 e. The van der Waals surface area contributed by atoms with Crippen LogP contribution in [0.1, 0.15) is 44.9 Å². The van der Waals surface area contributed by atoms with Gasteiger partial charge >= 0.3 is 0 Å². The summed E-state index contributed by atoms with van der Waals surface area (Å²) in [4.78, 5) is 0. The number of hydrogen-bond acceptors (Lipinski definition) is 4. The van der Waals surface area contributed by atoms with E-state index >= 15 is 0 Å². The van der Waals surface area contributed by atoms with Crippen LogP contribution in [0.5, 0.6) is 0 Å². The summed E-state index contributed by atoms with van der Waals surface area (Å²) in [6.07, 6.45) is 6.86. The van der Waals surface area contributed by atoms with Gasteiger partial charge < -0.3 is 19.3 Å². The molecular formula is C14H26O4. The molecule has 1 spiro atoms. The topological polar surface area (TPSA) is 47.9 Å². The summed E-state index contributed by atoms with van der Waals surface area (Å²) in [5, 5.41) is 10.3. The van der Waals surface area contributed by atoms with Crippen molar-refractivity contribution in [2.45, 2.75) is 62.9 Å². The van der Waals surface area contributed by atoms with E-state index in [2.05, 4.69) is 0 Å². The number of rotatable bonds is 4. The van der Waals surface area contributed by atoms with Crippen molar-refractivity contribution < 1.29 is 19.3 Å². The Morgan fingerprint density at radius 1 is 1.17 bits per heavy atom. The van der Waals surface area contributed by atoms with E-state index in [-0.39, 0.29) is 11.5 Å². The van der Waals surface area contributed by atoms with Crippen molar-refractivity contribution in [2.24, 2.45) is 5.92 Å². The second-order valence-electron chi connectivity index (χ2n) is 5.68. The Labute approximate surface area is 110 Å². The Balaban J connectivity index is 1.97. The molecule has 18 heavy (non-hydrogen) atoms. The van der Waals surface area contributed by atoms with Gasteiger partial charge in [-0.25, -0.2) is 0 Å². The first kappa shape index (κ1) is 14.3. The van der Waals surface area contributed by atoms with Gasteiger partial charge in [-0.2, -0.15) is 0 Å². The average molecular weight is 258 g/mol. The van der Waals surface area contributed by atoms with Crippen molar-refractivity contribution >= 4 is 0 Å². The number of hydrogen-bond donors (Lipinski definition) is 1. The minimum absolute atomic E-state index is 0.0220. The maximum atomic E-state index is 10.3. The van der Waals surface area contributed by atoms with Gasteiger partial charge in [0.15, 0.2) is 6.29 Å². The first-order chi connectivity index (χ1) is 8.71. The Hall–Kier alpha value is -0.160. The molecule has 106 valence electrons. The Morgan fingerprint density at radius 3 is 2.44 bits per heavy atom. The fourth-order valence-electron chi connectivity index (χ4n) is 3.50. The van der Waals surface area contributed by atoms with Gasteiger partial charge in [0.2, 0.25) is 0 Å². The molecule has 4 heteroatoms. The second kappa shape index (κ2) is 6.33. The maximum absolute atomic E-state index is 10.3. The van der Waals surface area contributed by atoms with Crippen LogP contribution in [0, 0.1) is 5.92 Å². The van der Waals surface area contributed by atoms with Gasteiger partial charge in [-0.1, -0.05) is 19.3 Å². The second-order valence-corrected chi connectivity index (χ2v) is 5.68. The number of aliphatic hydroxyl groups excluding tert-OH is 1. The Kier molecular flexibility index (Phi) is 5.01. The minimum atomic E-state index is -0.553. The number of ether oxygens (including phenoxy) is 3. The average Bonchev–Trinajstić information content (AvgIpc) is 2.41. The summed E-state index contributed by atoms with van der Waals surface area (Å²) in [5.41, 5.74) is 0.0220. The van der Waals surface area contributed by atoms with E-state index in [1.807, 2.05) is 0 Å². The highest BCUT2D eigenvalue weighted by molar-refractivity contribution is 4.92. The van der Waals surface area contributed by atoms with Crippen LogP contribution in [0.15, 0.2) is 0 Å². The van der Waals surface area contributed by atoms with Crippen molar-refractivity contribution in [3.8, 4) is 0 Å². The molecular weight excluding hydrogens is 232 g/mol. The predicted molar refractivity (Wildman–Crippen MR) is 68.3 cm³/mol. The van der Waals surface area contributed by atoms with Crippen LogP contribution in [-0.4, -0.2) is 43.9 Å². The number of methoxy groups -OCH3 is 2. The summed E-state index contributed by atoms with van der Waals surface area (Å²) >= 11 is 0. The molecule has 1 aliphatic heterocycles. The van der Waals surface area contributed by atoms with Crippen molar-refractivity contribution in [3.63, 3.8) is 0 Å². The lowest BCUT2D eigenvalue weighted by atomic mass is 9.74. The molecule has 1 saturated heterocycles. The quantitative estimate of drug-likeness (QED) is 0.784. The first-order valence-electron chi connectivity index (χ1n) is 7.08. The molecule has 0 aromatic heterocycles. The van der Waals surface area contributed by atoms with Crippen LogP contribution in [0.4, 0.5) is 0 Å². The molecule has 2 aliphatic rings. The molecule has 4 nitrogen and oxygen atoms in total. The zero-order chi connectivity index (χ0) is 13.0. The Morgan fingerprint density at radius 2 is 1.83 bits per heavy atom. The minimum Gasteiger partial charge on any atom is -0.388 e. The molecule has 0 amide bonds. The normalized spacial score (nSPS) is 29.7. The summed E-state index contributed by atoms with van der Waals surface area (Å²) in [5.74, 6) is 0.224. The summed E-state index contributed by atoms with van der Waals surface area (Å²) in [7, 11) is 3.15. The maximum Gasteiger partial charge on any atom is 0.182 e. The fourth-order valence-corrected chi connectivity index (χ4v) is 3.50. The van der Waals surface area contributed by atoms with Crippen LogP contribution in [-0.2, 0) is 14.2 Å². The van der Waals surface area contributed by atoms with E-state index < -0.39 is 12.4 Å². The van der Waals surface area contributed by atoms with Crippen LogP contribution in [0.3, 0.4) is 0 Å². The predicted octanol–water partition coefficient (Wildman–Crippen LogP) is 2.10. The monoisotopic (exact) mass is 258 g/mol. The van der Waals surface area contributed by atoms with Crippen LogP contribution in [0.2, 0.25) is 0 Å². The molecule has 2 unspecified atom stereocenters. The van der Waals surface area contributed by atoms with Crippen LogP contribution >= 0.6 is 0 Å². The molecule has 1 N–H and O–H groups in total. The highest BCUT2D eigenvalue weighted by Gasteiger charge is 2.42. The third-order valence-electron chi connectivity index (χ3n) is 4.52. The van der Waals surface area contributed by atoms with Crippen LogP contribution < -0.4 is 0 Å². The van der Waals surface area contributed by atoms with E-state index in [9.17, 15) is 5.11 Å². The first-order valence-corrected chi connectivity index (χ1v) is 7.08. The molecule has 2 atom stereocenters. The summed E-state index contributed by atoms with van der Waals surface area (Å²) in [6, 6.07) is 0. The van der Waals surface area contributed by atoms with E-state index in [4.69, 9.17) is 14.2 Å². The van der Waals surface area contributed by atoms with Crippen molar-refractivity contribution in [3.05, 3.63) is 0 Å². The lowest BCUT2D eigenvalue weighted by Gasteiger charge is -2.45. The van der Waals surface area contributed by atoms with Crippen LogP contribution in [0.25, 0.3) is 0 Å². The molecule has 0 radical (unpaired) electrons. The van der Waals surface area contributed by atoms with E-state index in [1.165, 1.54) is 19.3 Å². The van der Waals surface area contributed by atoms with Gasteiger partial charge in [0, 0.05) is 20.8 Å². The lowest BCUT2D eigenvalue weighted by molar-refractivity contribution is -0.203. The third-order valence-corrected chi connectivity index (χ3v) is 4.52. The summed E-state index contributed by atoms with van der Waals surface area (Å²) < 4.78 is 16.4. The smallest absolute Gasteiger partial charge is 0.182 e. The zero-order valence-electron chi connectivity index (χ0n) is 11.6. The van der Waals surface area contributed by atoms with E-state index in [0.717, 1.165) is 32.3 Å². The molecule has 0 aromatic carbocycles. The highest BCUT2D eigenvalue weighted by atomic mass is 16.7. The molecule has 2 fully saturated rings. The molecule has 2 rings (SSSR count). The number of aliphatic hydroxyl groups is 1. The van der Waals surface area contributed by atoms with Gasteiger partial charge in [-0.3, -0.25) is 0 Å². The van der Waals surface area contributed by atoms with Crippen molar-refractivity contribution in [1.82, 2.24) is 0 Å². The standard InChI is InChI=1S/C14H26O4/c1-16-13(17-2)12(15)11-6-9-18-14(10-11)7-4-3-5-8-14/h11-13,15H,3-10H2,1-2H3. The van der Waals surface area contributed by atoms with E-state index in [1.54, 1.807) is 14.2 Å². The van der Waals surface area contributed by atoms with Crippen molar-refractivity contribution in [1.29, 1.82) is 0 Å². The molecule has 1 saturated carbocycles. The summed E-state index contributed by atoms with van der Waals surface area (Å²) in [6.45, 7) is 0.752. The van der Waals surface area contributed by atoms with Gasteiger partial charge in [0.25, 0.3) is 0 Å². The third kappa shape index (κ3) is 3.05. The van der Waals surface area contributed by atoms with Gasteiger partial charge in [-0.05, 0) is 31.6 Å². The highest BCUT2D eigenvalue weighted by Crippen LogP contribution is 2.42. The SMILES string of the molecule is COC(OC)C(O)C1CCOC2(CCCCC2)C1. The van der Waals surface area contributed by atoms with E-state index in [0.29, 0.717) is 0 Å². The fraction of sp³-hybridized carbons (Fsp3) is 1.00. The lowest BCUT2D eigenvalue weighted by Crippen LogP contribution is -2.47.